The molecule has 0 spiro atoms. The Bertz CT molecular complexity index is 525. The number of nitrogens with zero attached hydrogens (tertiary/aromatic N) is 1. The molecule has 0 bridgehead atoms. The van der Waals surface area contributed by atoms with Gasteiger partial charge in [0, 0.05) is 4.90 Å². The SMILES string of the molecule is COC(=O)c1cc(SC(F)(F)F)c(Cl)cc1C#N. The first-order valence-corrected chi connectivity index (χ1v) is 5.55. The second kappa shape index (κ2) is 5.50. The molecule has 18 heavy (non-hydrogen) atoms. The van der Waals surface area contributed by atoms with Crippen molar-refractivity contribution in [3.05, 3.63) is 28.3 Å². The zero-order chi connectivity index (χ0) is 13.9. The van der Waals surface area contributed by atoms with Crippen molar-refractivity contribution in [2.45, 2.75) is 10.4 Å². The number of alkyl halides is 3. The van der Waals surface area contributed by atoms with Crippen LogP contribution in [0.5, 0.6) is 0 Å². The Morgan fingerprint density at radius 2 is 2.11 bits per heavy atom. The van der Waals surface area contributed by atoms with Crippen molar-refractivity contribution in [1.82, 2.24) is 0 Å². The molecule has 0 aliphatic heterocycles. The molecule has 0 aromatic heterocycles. The number of carbonyl (C=O) groups is 1. The summed E-state index contributed by atoms with van der Waals surface area (Å²) in [5, 5.41) is 8.52. The molecule has 0 aliphatic rings. The molecular formula is C10H5ClF3NO2S. The summed E-state index contributed by atoms with van der Waals surface area (Å²) in [6.07, 6.45) is 0. The summed E-state index contributed by atoms with van der Waals surface area (Å²) < 4.78 is 41.1. The Morgan fingerprint density at radius 1 is 1.50 bits per heavy atom. The van der Waals surface area contributed by atoms with Crippen molar-refractivity contribution in [3.8, 4) is 6.07 Å². The van der Waals surface area contributed by atoms with Gasteiger partial charge in [0.15, 0.2) is 0 Å². The highest BCUT2D eigenvalue weighted by Crippen LogP contribution is 2.41. The van der Waals surface area contributed by atoms with E-state index in [1.807, 2.05) is 0 Å². The van der Waals surface area contributed by atoms with E-state index in [2.05, 4.69) is 4.74 Å². The number of benzene rings is 1. The first-order valence-electron chi connectivity index (χ1n) is 4.36. The summed E-state index contributed by atoms with van der Waals surface area (Å²) in [6.45, 7) is 0. The van der Waals surface area contributed by atoms with Crippen LogP contribution in [-0.2, 0) is 4.74 Å². The summed E-state index contributed by atoms with van der Waals surface area (Å²) in [6, 6.07) is 3.56. The summed E-state index contributed by atoms with van der Waals surface area (Å²) in [5.41, 5.74) is -4.93. The van der Waals surface area contributed by atoms with Gasteiger partial charge in [-0.05, 0) is 23.9 Å². The predicted octanol–water partition coefficient (Wildman–Crippen LogP) is 3.61. The van der Waals surface area contributed by atoms with Gasteiger partial charge in [0.25, 0.3) is 0 Å². The Morgan fingerprint density at radius 3 is 2.56 bits per heavy atom. The normalized spacial score (nSPS) is 10.9. The highest BCUT2D eigenvalue weighted by molar-refractivity contribution is 8.00. The van der Waals surface area contributed by atoms with E-state index < -0.39 is 23.2 Å². The number of hydrogen-bond donors (Lipinski definition) is 0. The number of methoxy groups -OCH3 is 1. The van der Waals surface area contributed by atoms with Crippen LogP contribution in [0.15, 0.2) is 17.0 Å². The Labute approximate surface area is 109 Å². The van der Waals surface area contributed by atoms with E-state index in [4.69, 9.17) is 16.9 Å². The van der Waals surface area contributed by atoms with Gasteiger partial charge in [-0.25, -0.2) is 4.79 Å². The molecular weight excluding hydrogens is 291 g/mol. The monoisotopic (exact) mass is 295 g/mol. The number of rotatable bonds is 2. The first kappa shape index (κ1) is 14.7. The van der Waals surface area contributed by atoms with Gasteiger partial charge in [-0.3, -0.25) is 0 Å². The summed E-state index contributed by atoms with van der Waals surface area (Å²) >= 11 is 5.15. The van der Waals surface area contributed by atoms with E-state index in [-0.39, 0.29) is 21.0 Å². The second-order valence-corrected chi connectivity index (χ2v) is 4.49. The van der Waals surface area contributed by atoms with Gasteiger partial charge < -0.3 is 4.74 Å². The third-order valence-electron chi connectivity index (χ3n) is 1.82. The smallest absolute Gasteiger partial charge is 0.446 e. The average molecular weight is 296 g/mol. The molecule has 0 aliphatic carbocycles. The molecule has 3 nitrogen and oxygen atoms in total. The van der Waals surface area contributed by atoms with Gasteiger partial charge in [-0.1, -0.05) is 11.6 Å². The van der Waals surface area contributed by atoms with Gasteiger partial charge in [-0.2, -0.15) is 18.4 Å². The minimum Gasteiger partial charge on any atom is -0.465 e. The molecule has 1 rings (SSSR count). The lowest BCUT2D eigenvalue weighted by molar-refractivity contribution is -0.0328. The van der Waals surface area contributed by atoms with Crippen LogP contribution < -0.4 is 0 Å². The third-order valence-corrected chi connectivity index (χ3v) is 3.04. The minimum absolute atomic E-state index is 0.140. The molecule has 0 atom stereocenters. The van der Waals surface area contributed by atoms with Crippen LogP contribution in [0.3, 0.4) is 0 Å². The number of hydrogen-bond acceptors (Lipinski definition) is 4. The fourth-order valence-corrected chi connectivity index (χ4v) is 1.99. The number of ether oxygens (including phenoxy) is 1. The van der Waals surface area contributed by atoms with Gasteiger partial charge >= 0.3 is 11.5 Å². The van der Waals surface area contributed by atoms with Crippen molar-refractivity contribution in [3.63, 3.8) is 0 Å². The zero-order valence-electron chi connectivity index (χ0n) is 8.84. The maximum atomic E-state index is 12.2. The Balaban J connectivity index is 3.31. The van der Waals surface area contributed by atoms with Crippen LogP contribution >= 0.6 is 23.4 Å². The quantitative estimate of drug-likeness (QED) is 0.618. The van der Waals surface area contributed by atoms with E-state index in [1.165, 1.54) is 0 Å². The summed E-state index contributed by atoms with van der Waals surface area (Å²) in [4.78, 5) is 11.0. The first-order chi connectivity index (χ1) is 8.28. The fourth-order valence-electron chi connectivity index (χ4n) is 1.13. The maximum absolute atomic E-state index is 12.2. The molecule has 0 radical (unpaired) electrons. The average Bonchev–Trinajstić information content (AvgIpc) is 2.28. The van der Waals surface area contributed by atoms with Gasteiger partial charge in [0.2, 0.25) is 0 Å². The van der Waals surface area contributed by atoms with Crippen LogP contribution in [0.4, 0.5) is 13.2 Å². The van der Waals surface area contributed by atoms with Crippen molar-refractivity contribution in [1.29, 1.82) is 5.26 Å². The minimum atomic E-state index is -4.54. The van der Waals surface area contributed by atoms with Crippen molar-refractivity contribution in [2.75, 3.05) is 7.11 Å². The topological polar surface area (TPSA) is 50.1 Å². The molecule has 1 aromatic rings. The van der Waals surface area contributed by atoms with Gasteiger partial charge in [0.05, 0.1) is 23.3 Å². The Kier molecular flexibility index (Phi) is 4.48. The molecule has 0 fully saturated rings. The van der Waals surface area contributed by atoms with Crippen LogP contribution in [-0.4, -0.2) is 18.6 Å². The summed E-state index contributed by atoms with van der Waals surface area (Å²) in [5.74, 6) is -0.896. The lowest BCUT2D eigenvalue weighted by Gasteiger charge is -2.10. The number of halogens is 4. The molecule has 0 heterocycles. The van der Waals surface area contributed by atoms with Gasteiger partial charge in [0.1, 0.15) is 6.07 Å². The lowest BCUT2D eigenvalue weighted by atomic mass is 10.1. The molecule has 0 unspecified atom stereocenters. The molecule has 1 aromatic carbocycles. The number of thioether (sulfide) groups is 1. The molecule has 96 valence electrons. The zero-order valence-corrected chi connectivity index (χ0v) is 10.4. The molecule has 8 heteroatoms. The van der Waals surface area contributed by atoms with E-state index in [9.17, 15) is 18.0 Å². The number of esters is 1. The summed E-state index contributed by atoms with van der Waals surface area (Å²) in [7, 11) is 1.06. The van der Waals surface area contributed by atoms with Crippen LogP contribution in [0.25, 0.3) is 0 Å². The van der Waals surface area contributed by atoms with Crippen LogP contribution in [0.2, 0.25) is 5.02 Å². The Hall–Kier alpha value is -1.39. The van der Waals surface area contributed by atoms with E-state index in [0.29, 0.717) is 0 Å². The van der Waals surface area contributed by atoms with Crippen molar-refractivity contribution < 1.29 is 22.7 Å². The van der Waals surface area contributed by atoms with Crippen LogP contribution in [0.1, 0.15) is 15.9 Å². The third kappa shape index (κ3) is 3.55. The van der Waals surface area contributed by atoms with E-state index in [1.54, 1.807) is 6.07 Å². The maximum Gasteiger partial charge on any atom is 0.446 e. The van der Waals surface area contributed by atoms with Crippen molar-refractivity contribution >= 4 is 29.3 Å². The molecule has 0 saturated heterocycles. The van der Waals surface area contributed by atoms with E-state index in [0.717, 1.165) is 19.2 Å². The molecule has 0 N–H and O–H groups in total. The molecule has 0 saturated carbocycles. The number of nitriles is 1. The van der Waals surface area contributed by atoms with Gasteiger partial charge in [-0.15, -0.1) is 0 Å². The van der Waals surface area contributed by atoms with Crippen LogP contribution in [0, 0.1) is 11.3 Å². The van der Waals surface area contributed by atoms with E-state index >= 15 is 0 Å². The molecule has 0 amide bonds. The second-order valence-electron chi connectivity index (χ2n) is 2.98. The largest absolute Gasteiger partial charge is 0.465 e. The lowest BCUT2D eigenvalue weighted by Crippen LogP contribution is -2.06. The predicted molar refractivity (Wildman–Crippen MR) is 59.4 cm³/mol. The standard InChI is InChI=1S/C10H5ClF3NO2S/c1-17-9(16)6-3-8(18-10(12,13)14)7(11)2-5(6)4-15/h2-3H,1H3. The highest BCUT2D eigenvalue weighted by Gasteiger charge is 2.31. The van der Waals surface area contributed by atoms with Crippen molar-refractivity contribution in [2.24, 2.45) is 0 Å². The fraction of sp³-hybridized carbons (Fsp3) is 0.200. The number of carbonyl (C=O) groups excluding carboxylic acids is 1. The highest BCUT2D eigenvalue weighted by atomic mass is 35.5.